The average molecular weight is 364 g/mol. The summed E-state index contributed by atoms with van der Waals surface area (Å²) in [4.78, 5) is 24.1. The molecule has 2 unspecified atom stereocenters. The molecule has 0 saturated heterocycles. The molecule has 4 rings (SSSR count). The van der Waals surface area contributed by atoms with E-state index < -0.39 is 0 Å². The van der Waals surface area contributed by atoms with E-state index in [2.05, 4.69) is 10.6 Å². The van der Waals surface area contributed by atoms with Crippen LogP contribution in [0.25, 0.3) is 0 Å². The zero-order valence-corrected chi connectivity index (χ0v) is 14.6. The topological polar surface area (TPSA) is 93.5 Å². The van der Waals surface area contributed by atoms with Gasteiger partial charge in [0.05, 0.1) is 16.4 Å². The van der Waals surface area contributed by atoms with Gasteiger partial charge in [-0.15, -0.1) is 0 Å². The molecule has 2 atom stereocenters. The maximum atomic E-state index is 12.8. The molecule has 0 spiro atoms. The molecule has 1 aromatic carbocycles. The molecule has 6 nitrogen and oxygen atoms in total. The number of ether oxygens (including phenoxy) is 1. The van der Waals surface area contributed by atoms with Crippen molar-refractivity contribution in [2.75, 3.05) is 17.2 Å². The number of rotatable bonds is 2. The molecule has 0 aromatic heterocycles. The summed E-state index contributed by atoms with van der Waals surface area (Å²) in [6.07, 6.45) is 5.15. The highest BCUT2D eigenvalue weighted by Crippen LogP contribution is 2.43. The van der Waals surface area contributed by atoms with Crippen LogP contribution in [0.1, 0.15) is 32.1 Å². The third kappa shape index (κ3) is 3.20. The number of carbonyl (C=O) groups is 2. The number of amides is 2. The van der Waals surface area contributed by atoms with Crippen LogP contribution in [0.4, 0.5) is 11.4 Å². The third-order valence-corrected chi connectivity index (χ3v) is 6.06. The van der Waals surface area contributed by atoms with E-state index in [0.717, 1.165) is 25.7 Å². The summed E-state index contributed by atoms with van der Waals surface area (Å²) in [6, 6.07) is 3.52. The Kier molecular flexibility index (Phi) is 4.33. The molecule has 2 bridgehead atoms. The fraction of sp³-hybridized carbons (Fsp3) is 0.556. The lowest BCUT2D eigenvalue weighted by Crippen LogP contribution is -2.48. The van der Waals surface area contributed by atoms with Gasteiger partial charge in [0.1, 0.15) is 5.75 Å². The van der Waals surface area contributed by atoms with Crippen molar-refractivity contribution in [2.45, 2.75) is 38.1 Å². The second-order valence-corrected chi connectivity index (χ2v) is 7.76. The number of carbonyl (C=O) groups excluding carboxylic acids is 2. The highest BCUT2D eigenvalue weighted by atomic mass is 35.5. The summed E-state index contributed by atoms with van der Waals surface area (Å²) in [5, 5.41) is 6.02. The van der Waals surface area contributed by atoms with E-state index in [1.165, 1.54) is 6.42 Å². The summed E-state index contributed by atoms with van der Waals surface area (Å²) in [7, 11) is 0. The molecule has 0 radical (unpaired) electrons. The molecule has 3 aliphatic rings. The van der Waals surface area contributed by atoms with Crippen molar-refractivity contribution in [3.05, 3.63) is 17.2 Å². The van der Waals surface area contributed by atoms with Gasteiger partial charge in [-0.1, -0.05) is 18.0 Å². The first-order valence-electron chi connectivity index (χ1n) is 8.84. The van der Waals surface area contributed by atoms with Crippen LogP contribution in [0.5, 0.6) is 5.75 Å². The SMILES string of the molecule is NC1C2CCCC1CC(C(=O)Nc1cc3c(cc1Cl)NC(=O)CO3)C2. The number of nitrogens with one attached hydrogen (secondary N) is 2. The molecule has 2 fully saturated rings. The van der Waals surface area contributed by atoms with Crippen LogP contribution < -0.4 is 21.1 Å². The first-order valence-corrected chi connectivity index (χ1v) is 9.21. The number of hydrogen-bond acceptors (Lipinski definition) is 4. The van der Waals surface area contributed by atoms with Crippen molar-refractivity contribution < 1.29 is 14.3 Å². The summed E-state index contributed by atoms with van der Waals surface area (Å²) in [5.74, 6) is 1.15. The zero-order valence-electron chi connectivity index (χ0n) is 13.9. The van der Waals surface area contributed by atoms with E-state index >= 15 is 0 Å². The van der Waals surface area contributed by atoms with Gasteiger partial charge in [0.15, 0.2) is 6.61 Å². The molecular formula is C18H22ClN3O3. The van der Waals surface area contributed by atoms with Crippen molar-refractivity contribution in [3.8, 4) is 5.75 Å². The van der Waals surface area contributed by atoms with Crippen molar-refractivity contribution in [2.24, 2.45) is 23.5 Å². The summed E-state index contributed by atoms with van der Waals surface area (Å²) in [5.41, 5.74) is 7.35. The van der Waals surface area contributed by atoms with Gasteiger partial charge in [0.25, 0.3) is 5.91 Å². The van der Waals surface area contributed by atoms with E-state index in [4.69, 9.17) is 22.1 Å². The van der Waals surface area contributed by atoms with E-state index in [9.17, 15) is 9.59 Å². The average Bonchev–Trinajstić information content (AvgIpc) is 2.55. The number of fused-ring (bicyclic) bond motifs is 3. The second kappa shape index (κ2) is 6.50. The van der Waals surface area contributed by atoms with Crippen LogP contribution in [0.15, 0.2) is 12.1 Å². The van der Waals surface area contributed by atoms with Gasteiger partial charge >= 0.3 is 0 Å². The molecule has 4 N–H and O–H groups in total. The Morgan fingerprint density at radius 1 is 1.28 bits per heavy atom. The lowest BCUT2D eigenvalue weighted by molar-refractivity contribution is -0.122. The fourth-order valence-corrected chi connectivity index (χ4v) is 4.64. The van der Waals surface area contributed by atoms with Crippen LogP contribution in [0.3, 0.4) is 0 Å². The Hall–Kier alpha value is -1.79. The minimum absolute atomic E-state index is 0.00880. The number of nitrogens with two attached hydrogens (primary N) is 1. The first-order chi connectivity index (χ1) is 12.0. The second-order valence-electron chi connectivity index (χ2n) is 7.35. The van der Waals surface area contributed by atoms with Crippen molar-refractivity contribution in [1.29, 1.82) is 0 Å². The van der Waals surface area contributed by atoms with Crippen molar-refractivity contribution in [1.82, 2.24) is 0 Å². The normalized spacial score (nSPS) is 30.7. The first kappa shape index (κ1) is 16.7. The summed E-state index contributed by atoms with van der Waals surface area (Å²) < 4.78 is 5.39. The smallest absolute Gasteiger partial charge is 0.262 e. The van der Waals surface area contributed by atoms with E-state index in [-0.39, 0.29) is 30.4 Å². The lowest BCUT2D eigenvalue weighted by Gasteiger charge is -2.43. The van der Waals surface area contributed by atoms with Gasteiger partial charge in [-0.3, -0.25) is 9.59 Å². The Morgan fingerprint density at radius 3 is 2.72 bits per heavy atom. The van der Waals surface area contributed by atoms with Gasteiger partial charge in [0, 0.05) is 18.0 Å². The van der Waals surface area contributed by atoms with Crippen molar-refractivity contribution in [3.63, 3.8) is 0 Å². The van der Waals surface area contributed by atoms with Gasteiger partial charge in [0.2, 0.25) is 5.91 Å². The number of anilines is 2. The van der Waals surface area contributed by atoms with E-state index in [1.54, 1.807) is 12.1 Å². The number of halogens is 1. The molecule has 2 saturated carbocycles. The van der Waals surface area contributed by atoms with Crippen LogP contribution >= 0.6 is 11.6 Å². The van der Waals surface area contributed by atoms with Gasteiger partial charge in [-0.25, -0.2) is 0 Å². The number of benzene rings is 1. The van der Waals surface area contributed by atoms with Crippen LogP contribution in [0.2, 0.25) is 5.02 Å². The third-order valence-electron chi connectivity index (χ3n) is 5.74. The number of hydrogen-bond donors (Lipinski definition) is 3. The molecule has 2 amide bonds. The maximum Gasteiger partial charge on any atom is 0.262 e. The summed E-state index contributed by atoms with van der Waals surface area (Å²) >= 11 is 6.27. The standard InChI is InChI=1S/C18H22ClN3O3/c19-12-6-14-15(25-8-16(23)21-14)7-13(12)22-18(24)11-4-9-2-1-3-10(5-11)17(9)20/h6-7,9-11,17H,1-5,8,20H2,(H,21,23)(H,22,24). The minimum Gasteiger partial charge on any atom is -0.482 e. The van der Waals surface area contributed by atoms with E-state index in [0.29, 0.717) is 34.0 Å². The quantitative estimate of drug-likeness (QED) is 0.753. The van der Waals surface area contributed by atoms with Gasteiger partial charge < -0.3 is 21.1 Å². The highest BCUT2D eigenvalue weighted by molar-refractivity contribution is 6.34. The monoisotopic (exact) mass is 363 g/mol. The Bertz CT molecular complexity index is 710. The van der Waals surface area contributed by atoms with E-state index in [1.807, 2.05) is 0 Å². The molecule has 25 heavy (non-hydrogen) atoms. The lowest BCUT2D eigenvalue weighted by atomic mass is 9.65. The molecular weight excluding hydrogens is 342 g/mol. The predicted octanol–water partition coefficient (Wildman–Crippen LogP) is 2.76. The van der Waals surface area contributed by atoms with Crippen molar-refractivity contribution >= 4 is 34.8 Å². The molecule has 7 heteroatoms. The van der Waals surface area contributed by atoms with Gasteiger partial charge in [-0.05, 0) is 43.6 Å². The minimum atomic E-state index is -0.217. The maximum absolute atomic E-state index is 12.8. The Morgan fingerprint density at radius 2 is 2.00 bits per heavy atom. The Balaban J connectivity index is 1.49. The molecule has 134 valence electrons. The van der Waals surface area contributed by atoms with Crippen LogP contribution in [-0.2, 0) is 9.59 Å². The molecule has 1 aromatic rings. The van der Waals surface area contributed by atoms with Crippen LogP contribution in [0, 0.1) is 17.8 Å². The summed E-state index contributed by atoms with van der Waals surface area (Å²) in [6.45, 7) is -0.0358. The largest absolute Gasteiger partial charge is 0.482 e. The Labute approximate surface area is 151 Å². The molecule has 2 aliphatic carbocycles. The van der Waals surface area contributed by atoms with Crippen LogP contribution in [-0.4, -0.2) is 24.5 Å². The molecule has 1 aliphatic heterocycles. The van der Waals surface area contributed by atoms with Gasteiger partial charge in [-0.2, -0.15) is 0 Å². The zero-order chi connectivity index (χ0) is 17.6. The highest BCUT2D eigenvalue weighted by Gasteiger charge is 2.40. The molecule has 1 heterocycles. The fourth-order valence-electron chi connectivity index (χ4n) is 4.43. The predicted molar refractivity (Wildman–Crippen MR) is 95.7 cm³/mol.